The summed E-state index contributed by atoms with van der Waals surface area (Å²) in [5.74, 6) is 0. The Balaban J connectivity index is 1.56. The van der Waals surface area contributed by atoms with Crippen molar-refractivity contribution in [2.45, 2.75) is 31.1 Å². The molecule has 0 saturated carbocycles. The minimum Gasteiger partial charge on any atom is -0.322 e. The third-order valence-corrected chi connectivity index (χ3v) is 4.95. The van der Waals surface area contributed by atoms with Crippen LogP contribution in [0.2, 0.25) is 0 Å². The zero-order chi connectivity index (χ0) is 16.1. The number of aromatic nitrogens is 2. The van der Waals surface area contributed by atoms with E-state index in [-0.39, 0.29) is 0 Å². The number of aryl methyl sites for hydroxylation is 1. The van der Waals surface area contributed by atoms with Gasteiger partial charge in [-0.15, -0.1) is 12.6 Å². The van der Waals surface area contributed by atoms with Crippen LogP contribution < -0.4 is 0 Å². The Hall–Kier alpha value is -1.30. The van der Waals surface area contributed by atoms with Crippen molar-refractivity contribution < 1.29 is 0 Å². The topological polar surface area (TPSA) is 24.3 Å². The van der Waals surface area contributed by atoms with Crippen molar-refractivity contribution >= 4 is 12.6 Å². The number of hydrogen-bond donors (Lipinski definition) is 1. The highest BCUT2D eigenvalue weighted by Crippen LogP contribution is 2.15. The Morgan fingerprint density at radius 1 is 1.09 bits per heavy atom. The second-order valence-electron chi connectivity index (χ2n) is 6.37. The quantitative estimate of drug-likeness (QED) is 0.824. The molecule has 23 heavy (non-hydrogen) atoms. The molecule has 1 aliphatic rings. The maximum atomic E-state index is 4.54. The van der Waals surface area contributed by atoms with Crippen LogP contribution in [0.25, 0.3) is 0 Å². The first-order valence-electron chi connectivity index (χ1n) is 8.40. The fourth-order valence-corrected chi connectivity index (χ4v) is 3.38. The Labute approximate surface area is 144 Å². The largest absolute Gasteiger partial charge is 0.322 e. The standard InChI is InChI=1S/C18H26N4S/c1-20-10-12-21(13-11-20)15-17-14-19-18(23)22(17)9-5-8-16-6-3-2-4-7-16/h2-4,6-7,14H,5,8-13,15H2,1H3,(H,19,23). The van der Waals surface area contributed by atoms with Gasteiger partial charge in [0.15, 0.2) is 5.16 Å². The summed E-state index contributed by atoms with van der Waals surface area (Å²) < 4.78 is 2.27. The highest BCUT2D eigenvalue weighted by atomic mass is 32.1. The number of imidazole rings is 1. The highest BCUT2D eigenvalue weighted by Gasteiger charge is 2.16. The molecular weight excluding hydrogens is 304 g/mol. The van der Waals surface area contributed by atoms with Crippen molar-refractivity contribution in [2.24, 2.45) is 0 Å². The lowest BCUT2D eigenvalue weighted by Crippen LogP contribution is -2.44. The van der Waals surface area contributed by atoms with Gasteiger partial charge in [0, 0.05) is 39.3 Å². The Kier molecular flexibility index (Phi) is 5.75. The number of thiol groups is 1. The second kappa shape index (κ2) is 7.99. The first kappa shape index (κ1) is 16.6. The molecule has 4 nitrogen and oxygen atoms in total. The van der Waals surface area contributed by atoms with Gasteiger partial charge in [0.1, 0.15) is 0 Å². The third kappa shape index (κ3) is 4.59. The molecule has 2 heterocycles. The zero-order valence-electron chi connectivity index (χ0n) is 13.9. The van der Waals surface area contributed by atoms with E-state index in [1.165, 1.54) is 11.3 Å². The summed E-state index contributed by atoms with van der Waals surface area (Å²) in [5.41, 5.74) is 2.68. The number of rotatable bonds is 6. The molecule has 1 aromatic carbocycles. The van der Waals surface area contributed by atoms with Gasteiger partial charge in [-0.05, 0) is 25.5 Å². The summed E-state index contributed by atoms with van der Waals surface area (Å²) >= 11 is 4.54. The van der Waals surface area contributed by atoms with Gasteiger partial charge in [0.25, 0.3) is 0 Å². The van der Waals surface area contributed by atoms with Gasteiger partial charge in [-0.1, -0.05) is 30.3 Å². The van der Waals surface area contributed by atoms with Crippen LogP contribution in [0.3, 0.4) is 0 Å². The van der Waals surface area contributed by atoms with E-state index in [9.17, 15) is 0 Å². The molecule has 1 aliphatic heterocycles. The van der Waals surface area contributed by atoms with Crippen LogP contribution in [0.5, 0.6) is 0 Å². The van der Waals surface area contributed by atoms with E-state index >= 15 is 0 Å². The summed E-state index contributed by atoms with van der Waals surface area (Å²) in [6.07, 6.45) is 4.20. The van der Waals surface area contributed by atoms with E-state index in [0.717, 1.165) is 57.3 Å². The molecule has 3 rings (SSSR count). The van der Waals surface area contributed by atoms with Crippen molar-refractivity contribution in [3.8, 4) is 0 Å². The van der Waals surface area contributed by atoms with Gasteiger partial charge < -0.3 is 9.47 Å². The molecule has 0 amide bonds. The molecule has 5 heteroatoms. The van der Waals surface area contributed by atoms with Crippen molar-refractivity contribution in [2.75, 3.05) is 33.2 Å². The van der Waals surface area contributed by atoms with Crippen molar-refractivity contribution in [1.29, 1.82) is 0 Å². The van der Waals surface area contributed by atoms with Crippen LogP contribution in [0.15, 0.2) is 41.7 Å². The van der Waals surface area contributed by atoms with Gasteiger partial charge >= 0.3 is 0 Å². The minimum atomic E-state index is 0.835. The molecule has 0 unspecified atom stereocenters. The average molecular weight is 331 g/mol. The molecule has 1 fully saturated rings. The summed E-state index contributed by atoms with van der Waals surface area (Å²) in [4.78, 5) is 9.31. The summed E-state index contributed by atoms with van der Waals surface area (Å²) in [7, 11) is 2.19. The average Bonchev–Trinajstić information content (AvgIpc) is 2.91. The normalized spacial score (nSPS) is 16.8. The van der Waals surface area contributed by atoms with Crippen LogP contribution >= 0.6 is 12.6 Å². The highest BCUT2D eigenvalue weighted by molar-refractivity contribution is 7.80. The second-order valence-corrected chi connectivity index (χ2v) is 6.77. The number of likely N-dealkylation sites (N-methyl/N-ethyl adjacent to an activating group) is 1. The van der Waals surface area contributed by atoms with Gasteiger partial charge in [0.2, 0.25) is 0 Å². The van der Waals surface area contributed by atoms with Crippen LogP contribution in [0.4, 0.5) is 0 Å². The van der Waals surface area contributed by atoms with Crippen molar-refractivity contribution in [3.63, 3.8) is 0 Å². The lowest BCUT2D eigenvalue weighted by molar-refractivity contribution is 0.145. The maximum absolute atomic E-state index is 4.54. The molecule has 0 radical (unpaired) electrons. The van der Waals surface area contributed by atoms with Gasteiger partial charge in [0.05, 0.1) is 11.9 Å². The summed E-state index contributed by atoms with van der Waals surface area (Å²) in [5, 5.41) is 0.835. The first-order valence-corrected chi connectivity index (χ1v) is 8.85. The fourth-order valence-electron chi connectivity index (χ4n) is 3.09. The third-order valence-electron chi connectivity index (χ3n) is 4.59. The zero-order valence-corrected chi connectivity index (χ0v) is 14.8. The van der Waals surface area contributed by atoms with E-state index < -0.39 is 0 Å². The number of nitrogens with zero attached hydrogens (tertiary/aromatic N) is 4. The van der Waals surface area contributed by atoms with Crippen LogP contribution in [-0.4, -0.2) is 52.6 Å². The van der Waals surface area contributed by atoms with Crippen LogP contribution in [0, 0.1) is 0 Å². The molecule has 0 bridgehead atoms. The minimum absolute atomic E-state index is 0.835. The predicted octanol–water partition coefficient (Wildman–Crippen LogP) is 2.55. The summed E-state index contributed by atoms with van der Waals surface area (Å²) in [6, 6.07) is 10.7. The van der Waals surface area contributed by atoms with Gasteiger partial charge in [-0.2, -0.15) is 0 Å². The van der Waals surface area contributed by atoms with E-state index in [1.54, 1.807) is 0 Å². The molecule has 2 aromatic rings. The molecule has 0 N–H and O–H groups in total. The molecule has 1 aromatic heterocycles. The van der Waals surface area contributed by atoms with E-state index in [1.807, 2.05) is 6.20 Å². The molecule has 124 valence electrons. The van der Waals surface area contributed by atoms with E-state index in [4.69, 9.17) is 0 Å². The Morgan fingerprint density at radius 3 is 2.57 bits per heavy atom. The maximum Gasteiger partial charge on any atom is 0.165 e. The number of benzene rings is 1. The van der Waals surface area contributed by atoms with Crippen LogP contribution in [-0.2, 0) is 19.5 Å². The monoisotopic (exact) mass is 330 g/mol. The Morgan fingerprint density at radius 2 is 1.83 bits per heavy atom. The van der Waals surface area contributed by atoms with Gasteiger partial charge in [-0.25, -0.2) is 4.98 Å². The number of piperazine rings is 1. The van der Waals surface area contributed by atoms with Crippen molar-refractivity contribution in [3.05, 3.63) is 47.8 Å². The lowest BCUT2D eigenvalue weighted by Gasteiger charge is -2.32. The SMILES string of the molecule is CN1CCN(Cc2cnc(S)n2CCCc2ccccc2)CC1. The smallest absolute Gasteiger partial charge is 0.165 e. The molecule has 0 aliphatic carbocycles. The molecular formula is C18H26N4S. The van der Waals surface area contributed by atoms with E-state index in [0.29, 0.717) is 0 Å². The van der Waals surface area contributed by atoms with Crippen molar-refractivity contribution in [1.82, 2.24) is 19.4 Å². The molecule has 1 saturated heterocycles. The van der Waals surface area contributed by atoms with Crippen LogP contribution in [0.1, 0.15) is 17.7 Å². The fraction of sp³-hybridized carbons (Fsp3) is 0.500. The first-order chi connectivity index (χ1) is 11.2. The van der Waals surface area contributed by atoms with Gasteiger partial charge in [-0.3, -0.25) is 4.90 Å². The number of hydrogen-bond acceptors (Lipinski definition) is 4. The molecule has 0 atom stereocenters. The lowest BCUT2D eigenvalue weighted by atomic mass is 10.1. The van der Waals surface area contributed by atoms with E-state index in [2.05, 4.69) is 69.4 Å². The Bertz CT molecular complexity index is 603. The molecule has 0 spiro atoms. The predicted molar refractivity (Wildman–Crippen MR) is 97.0 cm³/mol. The summed E-state index contributed by atoms with van der Waals surface area (Å²) in [6.45, 7) is 6.52.